The maximum atomic E-state index is 9.23. The molecule has 0 aliphatic rings. The van der Waals surface area contributed by atoms with Crippen LogP contribution in [0.25, 0.3) is 0 Å². The molecule has 5 heteroatoms. The number of nitrogens with one attached hydrogen (secondary N) is 1. The summed E-state index contributed by atoms with van der Waals surface area (Å²) in [5.41, 5.74) is 3.85. The minimum Gasteiger partial charge on any atom is -0.336 e. The summed E-state index contributed by atoms with van der Waals surface area (Å²) in [6.45, 7) is 5.65. The van der Waals surface area contributed by atoms with E-state index in [4.69, 9.17) is 11.6 Å². The fourth-order valence-electron chi connectivity index (χ4n) is 1.70. The SMILES string of the molecule is Cc1ccc(Cl)c(Nc2nnc(C)c(C)c2C#N)c1. The van der Waals surface area contributed by atoms with Gasteiger partial charge in [-0.1, -0.05) is 17.7 Å². The van der Waals surface area contributed by atoms with Crippen LogP contribution in [0.15, 0.2) is 18.2 Å². The van der Waals surface area contributed by atoms with Crippen molar-refractivity contribution in [1.29, 1.82) is 5.26 Å². The third kappa shape index (κ3) is 2.67. The summed E-state index contributed by atoms with van der Waals surface area (Å²) in [6.07, 6.45) is 0. The van der Waals surface area contributed by atoms with Crippen LogP contribution in [0.2, 0.25) is 5.02 Å². The zero-order chi connectivity index (χ0) is 14.0. The number of hydrogen-bond donors (Lipinski definition) is 1. The highest BCUT2D eigenvalue weighted by Gasteiger charge is 2.12. The zero-order valence-electron chi connectivity index (χ0n) is 11.0. The second-order valence-corrected chi connectivity index (χ2v) is 4.76. The molecular formula is C14H13ClN4. The fourth-order valence-corrected chi connectivity index (χ4v) is 1.86. The Kier molecular flexibility index (Phi) is 3.68. The van der Waals surface area contributed by atoms with Crippen molar-refractivity contribution >= 4 is 23.1 Å². The molecule has 0 atom stereocenters. The normalized spacial score (nSPS) is 10.1. The molecule has 0 aliphatic heterocycles. The minimum atomic E-state index is 0.429. The highest BCUT2D eigenvalue weighted by Crippen LogP contribution is 2.27. The monoisotopic (exact) mass is 272 g/mol. The van der Waals surface area contributed by atoms with Crippen LogP contribution in [0.3, 0.4) is 0 Å². The summed E-state index contributed by atoms with van der Waals surface area (Å²) < 4.78 is 0. The number of halogens is 1. The Morgan fingerprint density at radius 3 is 2.63 bits per heavy atom. The Morgan fingerprint density at radius 1 is 1.21 bits per heavy atom. The molecule has 2 aromatic rings. The molecule has 4 nitrogen and oxygen atoms in total. The van der Waals surface area contributed by atoms with E-state index < -0.39 is 0 Å². The quantitative estimate of drug-likeness (QED) is 0.906. The predicted octanol–water partition coefficient (Wildman–Crippen LogP) is 3.67. The van der Waals surface area contributed by atoms with Gasteiger partial charge in [-0.05, 0) is 44.0 Å². The highest BCUT2D eigenvalue weighted by molar-refractivity contribution is 6.33. The number of hydrogen-bond acceptors (Lipinski definition) is 4. The van der Waals surface area contributed by atoms with Gasteiger partial charge in [-0.2, -0.15) is 10.4 Å². The Morgan fingerprint density at radius 2 is 1.95 bits per heavy atom. The number of nitrogens with zero attached hydrogens (tertiary/aromatic N) is 3. The van der Waals surface area contributed by atoms with Crippen LogP contribution in [0, 0.1) is 32.1 Å². The van der Waals surface area contributed by atoms with Crippen LogP contribution in [0.5, 0.6) is 0 Å². The number of aromatic nitrogens is 2. The summed E-state index contributed by atoms with van der Waals surface area (Å²) in [7, 11) is 0. The van der Waals surface area contributed by atoms with E-state index in [-0.39, 0.29) is 0 Å². The molecule has 1 heterocycles. The van der Waals surface area contributed by atoms with Crippen LogP contribution >= 0.6 is 11.6 Å². The summed E-state index contributed by atoms with van der Waals surface area (Å²) in [5.74, 6) is 0.429. The van der Waals surface area contributed by atoms with Gasteiger partial charge in [-0.15, -0.1) is 5.10 Å². The first-order valence-corrected chi connectivity index (χ1v) is 6.18. The van der Waals surface area contributed by atoms with Crippen LogP contribution < -0.4 is 5.32 Å². The van der Waals surface area contributed by atoms with Gasteiger partial charge in [-0.25, -0.2) is 0 Å². The average molecular weight is 273 g/mol. The van der Waals surface area contributed by atoms with Gasteiger partial charge in [-0.3, -0.25) is 0 Å². The second kappa shape index (κ2) is 5.25. The molecule has 0 fully saturated rings. The molecule has 1 N–H and O–H groups in total. The Bertz CT molecular complexity index is 674. The van der Waals surface area contributed by atoms with Gasteiger partial charge in [0.1, 0.15) is 11.6 Å². The third-order valence-electron chi connectivity index (χ3n) is 2.94. The first-order chi connectivity index (χ1) is 9.02. The molecule has 2 rings (SSSR count). The van der Waals surface area contributed by atoms with Crippen LogP contribution in [-0.4, -0.2) is 10.2 Å². The van der Waals surface area contributed by atoms with Crippen molar-refractivity contribution in [3.8, 4) is 6.07 Å². The largest absolute Gasteiger partial charge is 0.336 e. The van der Waals surface area contributed by atoms with E-state index in [2.05, 4.69) is 21.6 Å². The van der Waals surface area contributed by atoms with Gasteiger partial charge < -0.3 is 5.32 Å². The van der Waals surface area contributed by atoms with Gasteiger partial charge in [0.05, 0.1) is 16.4 Å². The van der Waals surface area contributed by atoms with Crippen LogP contribution in [-0.2, 0) is 0 Å². The lowest BCUT2D eigenvalue weighted by molar-refractivity contribution is 0.960. The smallest absolute Gasteiger partial charge is 0.171 e. The number of rotatable bonds is 2. The molecule has 1 aromatic carbocycles. The maximum Gasteiger partial charge on any atom is 0.171 e. The van der Waals surface area contributed by atoms with Gasteiger partial charge in [0, 0.05) is 0 Å². The standard InChI is InChI=1S/C14H13ClN4/c1-8-4-5-12(15)13(6-8)17-14-11(7-16)9(2)10(3)18-19-14/h4-6H,1-3H3,(H,17,19). The summed E-state index contributed by atoms with van der Waals surface area (Å²) in [5, 5.41) is 20.9. The molecular weight excluding hydrogens is 260 g/mol. The molecule has 1 aromatic heterocycles. The molecule has 0 amide bonds. The van der Waals surface area contributed by atoms with Gasteiger partial charge in [0.2, 0.25) is 0 Å². The predicted molar refractivity (Wildman–Crippen MR) is 75.7 cm³/mol. The van der Waals surface area contributed by atoms with Crippen LogP contribution in [0.4, 0.5) is 11.5 Å². The lowest BCUT2D eigenvalue weighted by Crippen LogP contribution is -2.04. The lowest BCUT2D eigenvalue weighted by atomic mass is 10.1. The highest BCUT2D eigenvalue weighted by atomic mass is 35.5. The number of nitriles is 1. The van der Waals surface area contributed by atoms with E-state index in [0.717, 1.165) is 22.5 Å². The number of benzene rings is 1. The zero-order valence-corrected chi connectivity index (χ0v) is 11.7. The molecule has 0 spiro atoms. The third-order valence-corrected chi connectivity index (χ3v) is 3.27. The number of anilines is 2. The van der Waals surface area contributed by atoms with E-state index >= 15 is 0 Å². The van der Waals surface area contributed by atoms with E-state index in [1.165, 1.54) is 0 Å². The molecule has 96 valence electrons. The molecule has 19 heavy (non-hydrogen) atoms. The topological polar surface area (TPSA) is 61.6 Å². The fraction of sp³-hybridized carbons (Fsp3) is 0.214. The first-order valence-electron chi connectivity index (χ1n) is 5.80. The molecule has 0 radical (unpaired) electrons. The van der Waals surface area contributed by atoms with Crippen molar-refractivity contribution in [3.63, 3.8) is 0 Å². The molecule has 0 aliphatic carbocycles. The second-order valence-electron chi connectivity index (χ2n) is 4.35. The van der Waals surface area contributed by atoms with Crippen LogP contribution in [0.1, 0.15) is 22.4 Å². The molecule has 0 saturated carbocycles. The van der Waals surface area contributed by atoms with Crippen molar-refractivity contribution in [2.45, 2.75) is 20.8 Å². The molecule has 0 bridgehead atoms. The van der Waals surface area contributed by atoms with Crippen molar-refractivity contribution in [3.05, 3.63) is 45.6 Å². The molecule has 0 saturated heterocycles. The maximum absolute atomic E-state index is 9.23. The Labute approximate surface area is 117 Å². The van der Waals surface area contributed by atoms with Gasteiger partial charge >= 0.3 is 0 Å². The average Bonchev–Trinajstić information content (AvgIpc) is 2.38. The van der Waals surface area contributed by atoms with Crippen molar-refractivity contribution in [1.82, 2.24) is 10.2 Å². The number of aryl methyl sites for hydroxylation is 2. The summed E-state index contributed by atoms with van der Waals surface area (Å²) in [6, 6.07) is 7.78. The van der Waals surface area contributed by atoms with E-state index in [0.29, 0.717) is 16.4 Å². The first kappa shape index (κ1) is 13.3. The summed E-state index contributed by atoms with van der Waals surface area (Å²) in [4.78, 5) is 0. The lowest BCUT2D eigenvalue weighted by Gasteiger charge is -2.11. The van der Waals surface area contributed by atoms with Crippen molar-refractivity contribution in [2.24, 2.45) is 0 Å². The van der Waals surface area contributed by atoms with E-state index in [1.54, 1.807) is 6.07 Å². The minimum absolute atomic E-state index is 0.429. The Balaban J connectivity index is 2.47. The van der Waals surface area contributed by atoms with Gasteiger partial charge in [0.25, 0.3) is 0 Å². The summed E-state index contributed by atoms with van der Waals surface area (Å²) >= 11 is 6.12. The van der Waals surface area contributed by atoms with Crippen molar-refractivity contribution < 1.29 is 0 Å². The van der Waals surface area contributed by atoms with E-state index in [9.17, 15) is 5.26 Å². The van der Waals surface area contributed by atoms with Crippen molar-refractivity contribution in [2.75, 3.05) is 5.32 Å². The molecule has 0 unspecified atom stereocenters. The Hall–Kier alpha value is -2.12. The van der Waals surface area contributed by atoms with Gasteiger partial charge in [0.15, 0.2) is 5.82 Å². The van der Waals surface area contributed by atoms with E-state index in [1.807, 2.05) is 32.9 Å².